The van der Waals surface area contributed by atoms with Gasteiger partial charge in [0.05, 0.1) is 0 Å². The molecule has 3 fully saturated rings. The van der Waals surface area contributed by atoms with E-state index in [2.05, 4.69) is 15.1 Å². The first kappa shape index (κ1) is 11.6. The average molecular weight is 278 g/mol. The molecule has 2 aliphatic carbocycles. The van der Waals surface area contributed by atoms with Gasteiger partial charge in [0.2, 0.25) is 11.0 Å². The summed E-state index contributed by atoms with van der Waals surface area (Å²) in [4.78, 5) is 16.3. The average Bonchev–Trinajstić information content (AvgIpc) is 3.37. The second kappa shape index (κ2) is 4.44. The maximum Gasteiger partial charge on any atom is 0.225 e. The van der Waals surface area contributed by atoms with Crippen LogP contribution in [0.2, 0.25) is 0 Å². The Balaban J connectivity index is 1.37. The molecule has 1 aromatic rings. The van der Waals surface area contributed by atoms with Crippen LogP contribution >= 0.6 is 11.3 Å². The SMILES string of the molecule is O=C(C1CC1)N1CCN(c2nnc(C3CC3)s2)CC1. The summed E-state index contributed by atoms with van der Waals surface area (Å²) >= 11 is 1.74. The van der Waals surface area contributed by atoms with Crippen LogP contribution in [0.15, 0.2) is 0 Å². The topological polar surface area (TPSA) is 49.3 Å². The van der Waals surface area contributed by atoms with Crippen molar-refractivity contribution in [3.63, 3.8) is 0 Å². The first-order valence-electron chi connectivity index (χ1n) is 7.18. The fourth-order valence-electron chi connectivity index (χ4n) is 2.56. The van der Waals surface area contributed by atoms with Crippen LogP contribution in [0.1, 0.15) is 36.6 Å². The van der Waals surface area contributed by atoms with Crippen LogP contribution < -0.4 is 4.90 Å². The lowest BCUT2D eigenvalue weighted by atomic mass is 10.3. The predicted molar refractivity (Wildman–Crippen MR) is 73.4 cm³/mol. The van der Waals surface area contributed by atoms with E-state index in [9.17, 15) is 4.79 Å². The number of hydrogen-bond donors (Lipinski definition) is 0. The second-order valence-corrected chi connectivity index (χ2v) is 6.77. The summed E-state index contributed by atoms with van der Waals surface area (Å²) in [6, 6.07) is 0. The highest BCUT2D eigenvalue weighted by molar-refractivity contribution is 7.15. The van der Waals surface area contributed by atoms with E-state index >= 15 is 0 Å². The summed E-state index contributed by atoms with van der Waals surface area (Å²) in [5.74, 6) is 1.40. The van der Waals surface area contributed by atoms with Crippen LogP contribution in [0, 0.1) is 5.92 Å². The first-order valence-corrected chi connectivity index (χ1v) is 8.00. The van der Waals surface area contributed by atoms with Crippen molar-refractivity contribution in [2.45, 2.75) is 31.6 Å². The smallest absolute Gasteiger partial charge is 0.225 e. The number of amides is 1. The highest BCUT2D eigenvalue weighted by Crippen LogP contribution is 2.42. The maximum atomic E-state index is 12.0. The summed E-state index contributed by atoms with van der Waals surface area (Å²) in [5.41, 5.74) is 0. The zero-order chi connectivity index (χ0) is 12.8. The van der Waals surface area contributed by atoms with Gasteiger partial charge in [0.1, 0.15) is 5.01 Å². The number of hydrogen-bond acceptors (Lipinski definition) is 5. The highest BCUT2D eigenvalue weighted by atomic mass is 32.1. The van der Waals surface area contributed by atoms with Crippen molar-refractivity contribution in [1.29, 1.82) is 0 Å². The summed E-state index contributed by atoms with van der Waals surface area (Å²) in [6.07, 6.45) is 4.75. The summed E-state index contributed by atoms with van der Waals surface area (Å²) in [6.45, 7) is 3.48. The normalized spacial score (nSPS) is 23.8. The molecule has 5 nitrogen and oxygen atoms in total. The molecule has 2 heterocycles. The molecule has 0 unspecified atom stereocenters. The Bertz CT molecular complexity index is 487. The lowest BCUT2D eigenvalue weighted by Gasteiger charge is -2.34. The molecule has 19 heavy (non-hydrogen) atoms. The number of nitrogens with zero attached hydrogens (tertiary/aromatic N) is 4. The van der Waals surface area contributed by atoms with Crippen LogP contribution in [0.4, 0.5) is 5.13 Å². The zero-order valence-corrected chi connectivity index (χ0v) is 11.7. The number of rotatable bonds is 3. The lowest BCUT2D eigenvalue weighted by molar-refractivity contribution is -0.132. The molecule has 6 heteroatoms. The Morgan fingerprint density at radius 1 is 1.05 bits per heavy atom. The van der Waals surface area contributed by atoms with E-state index in [0.717, 1.165) is 44.2 Å². The van der Waals surface area contributed by atoms with Crippen molar-refractivity contribution in [2.75, 3.05) is 31.1 Å². The maximum absolute atomic E-state index is 12.0. The highest BCUT2D eigenvalue weighted by Gasteiger charge is 2.35. The molecule has 1 aromatic heterocycles. The molecule has 102 valence electrons. The third-order valence-electron chi connectivity index (χ3n) is 4.15. The van der Waals surface area contributed by atoms with Crippen molar-refractivity contribution in [2.24, 2.45) is 5.92 Å². The van der Waals surface area contributed by atoms with Crippen molar-refractivity contribution in [3.8, 4) is 0 Å². The van der Waals surface area contributed by atoms with E-state index in [1.807, 2.05) is 4.90 Å². The van der Waals surface area contributed by atoms with Gasteiger partial charge in [-0.25, -0.2) is 0 Å². The number of aromatic nitrogens is 2. The van der Waals surface area contributed by atoms with E-state index in [0.29, 0.717) is 17.7 Å². The van der Waals surface area contributed by atoms with Crippen LogP contribution in [0.25, 0.3) is 0 Å². The number of piperazine rings is 1. The van der Waals surface area contributed by atoms with Gasteiger partial charge in [-0.15, -0.1) is 10.2 Å². The number of carbonyl (C=O) groups excluding carboxylic acids is 1. The van der Waals surface area contributed by atoms with E-state index in [4.69, 9.17) is 0 Å². The van der Waals surface area contributed by atoms with Gasteiger partial charge in [-0.3, -0.25) is 4.79 Å². The van der Waals surface area contributed by atoms with E-state index in [1.54, 1.807) is 11.3 Å². The molecule has 0 N–H and O–H groups in total. The summed E-state index contributed by atoms with van der Waals surface area (Å²) < 4.78 is 0. The van der Waals surface area contributed by atoms with E-state index in [-0.39, 0.29) is 0 Å². The molecule has 0 aromatic carbocycles. The molecule has 1 saturated heterocycles. The molecule has 2 saturated carbocycles. The third kappa shape index (κ3) is 2.33. The summed E-state index contributed by atoms with van der Waals surface area (Å²) in [5, 5.41) is 10.8. The molecule has 0 bridgehead atoms. The van der Waals surface area contributed by atoms with Gasteiger partial charge in [0.25, 0.3) is 0 Å². The van der Waals surface area contributed by atoms with Crippen molar-refractivity contribution < 1.29 is 4.79 Å². The lowest BCUT2D eigenvalue weighted by Crippen LogP contribution is -2.49. The Hall–Kier alpha value is -1.17. The Morgan fingerprint density at radius 2 is 1.79 bits per heavy atom. The largest absolute Gasteiger partial charge is 0.343 e. The van der Waals surface area contributed by atoms with Gasteiger partial charge < -0.3 is 9.80 Å². The molecule has 0 atom stereocenters. The fourth-order valence-corrected chi connectivity index (χ4v) is 3.62. The quantitative estimate of drug-likeness (QED) is 0.840. The third-order valence-corrected chi connectivity index (χ3v) is 5.29. The summed E-state index contributed by atoms with van der Waals surface area (Å²) in [7, 11) is 0. The van der Waals surface area contributed by atoms with Gasteiger partial charge in [0, 0.05) is 38.0 Å². The standard InChI is InChI=1S/C13H18N4OS/c18-12(10-3-4-10)16-5-7-17(8-6-16)13-15-14-11(19-13)9-1-2-9/h9-10H,1-8H2. The minimum absolute atomic E-state index is 0.342. The Morgan fingerprint density at radius 3 is 2.42 bits per heavy atom. The molecule has 1 amide bonds. The van der Waals surface area contributed by atoms with Crippen molar-refractivity contribution in [1.82, 2.24) is 15.1 Å². The number of carbonyl (C=O) groups is 1. The van der Waals surface area contributed by atoms with Crippen molar-refractivity contribution in [3.05, 3.63) is 5.01 Å². The number of anilines is 1. The molecule has 3 aliphatic rings. The van der Waals surface area contributed by atoms with Crippen LogP contribution in [0.3, 0.4) is 0 Å². The van der Waals surface area contributed by atoms with Crippen LogP contribution in [-0.4, -0.2) is 47.2 Å². The van der Waals surface area contributed by atoms with Gasteiger partial charge in [-0.1, -0.05) is 11.3 Å². The fraction of sp³-hybridized carbons (Fsp3) is 0.769. The second-order valence-electron chi connectivity index (χ2n) is 5.78. The van der Waals surface area contributed by atoms with Gasteiger partial charge in [0.15, 0.2) is 0 Å². The molecule has 4 rings (SSSR count). The first-order chi connectivity index (χ1) is 9.31. The van der Waals surface area contributed by atoms with Gasteiger partial charge in [-0.05, 0) is 25.7 Å². The van der Waals surface area contributed by atoms with E-state index in [1.165, 1.54) is 17.8 Å². The van der Waals surface area contributed by atoms with Gasteiger partial charge >= 0.3 is 0 Å². The predicted octanol–water partition coefficient (Wildman–Crippen LogP) is 1.47. The monoisotopic (exact) mass is 278 g/mol. The molecule has 1 aliphatic heterocycles. The van der Waals surface area contributed by atoms with Crippen LogP contribution in [0.5, 0.6) is 0 Å². The minimum atomic E-state index is 0.342. The van der Waals surface area contributed by atoms with Gasteiger partial charge in [-0.2, -0.15) is 0 Å². The molecule has 0 spiro atoms. The van der Waals surface area contributed by atoms with Crippen molar-refractivity contribution >= 4 is 22.4 Å². The minimum Gasteiger partial charge on any atom is -0.343 e. The van der Waals surface area contributed by atoms with Crippen LogP contribution in [-0.2, 0) is 4.79 Å². The van der Waals surface area contributed by atoms with E-state index < -0.39 is 0 Å². The Kier molecular flexibility index (Phi) is 2.72. The molecule has 0 radical (unpaired) electrons. The molecular weight excluding hydrogens is 260 g/mol. The Labute approximate surface area is 116 Å². The zero-order valence-electron chi connectivity index (χ0n) is 10.9. The molecular formula is C13H18N4OS.